The zero-order valence-corrected chi connectivity index (χ0v) is 17.1. The smallest absolute Gasteiger partial charge is 0.395 e. The van der Waals surface area contributed by atoms with Crippen LogP contribution < -0.4 is 15.2 Å². The molecule has 0 spiro atoms. The summed E-state index contributed by atoms with van der Waals surface area (Å²) in [5.74, 6) is 0.384. The number of halogens is 2. The van der Waals surface area contributed by atoms with Gasteiger partial charge in [0.2, 0.25) is 5.95 Å². The molecule has 0 bridgehead atoms. The van der Waals surface area contributed by atoms with Crippen molar-refractivity contribution in [1.82, 2.24) is 29.5 Å². The topological polar surface area (TPSA) is 104 Å². The third-order valence-electron chi connectivity index (χ3n) is 6.03. The van der Waals surface area contributed by atoms with Crippen molar-refractivity contribution in [3.05, 3.63) is 47.5 Å². The predicted octanol–water partition coefficient (Wildman–Crippen LogP) is 2.57. The van der Waals surface area contributed by atoms with Crippen LogP contribution in [-0.4, -0.2) is 48.3 Å². The Balaban J connectivity index is 1.33. The summed E-state index contributed by atoms with van der Waals surface area (Å²) < 4.78 is 37.7. The van der Waals surface area contributed by atoms with Crippen LogP contribution >= 0.6 is 0 Å². The maximum absolute atomic E-state index is 13.6. The number of nitrogens with zero attached hydrogens (tertiary/aromatic N) is 6. The third-order valence-corrected chi connectivity index (χ3v) is 6.03. The molecule has 6 rings (SSSR count). The van der Waals surface area contributed by atoms with Crippen LogP contribution in [0, 0.1) is 0 Å². The Morgan fingerprint density at radius 2 is 2.06 bits per heavy atom. The second-order valence-corrected chi connectivity index (χ2v) is 8.11. The molecule has 1 unspecified atom stereocenters. The average molecular weight is 439 g/mol. The van der Waals surface area contributed by atoms with Crippen molar-refractivity contribution < 1.29 is 18.3 Å². The van der Waals surface area contributed by atoms with Crippen molar-refractivity contribution in [3.63, 3.8) is 0 Å². The zero-order valence-electron chi connectivity index (χ0n) is 17.1. The number of aromatic nitrogens is 5. The van der Waals surface area contributed by atoms with Gasteiger partial charge in [-0.2, -0.15) is 4.52 Å². The van der Waals surface area contributed by atoms with Crippen LogP contribution in [0.4, 0.5) is 14.7 Å². The van der Waals surface area contributed by atoms with E-state index in [4.69, 9.17) is 5.73 Å². The molecule has 3 aromatic heterocycles. The molecule has 0 saturated carbocycles. The van der Waals surface area contributed by atoms with Gasteiger partial charge >= 0.3 is 6.29 Å². The first-order chi connectivity index (χ1) is 15.4. The zero-order chi connectivity index (χ0) is 22.0. The van der Waals surface area contributed by atoms with Gasteiger partial charge in [0.15, 0.2) is 23.0 Å². The molecule has 0 fully saturated rings. The lowest BCUT2D eigenvalue weighted by Crippen LogP contribution is -2.39. The van der Waals surface area contributed by atoms with E-state index >= 15 is 0 Å². The summed E-state index contributed by atoms with van der Waals surface area (Å²) in [5, 5.41) is 5.03. The molecule has 5 heterocycles. The van der Waals surface area contributed by atoms with Gasteiger partial charge in [0, 0.05) is 43.3 Å². The number of pyridine rings is 1. The lowest BCUT2D eigenvalue weighted by Gasteiger charge is -2.33. The molecule has 1 aromatic carbocycles. The molecule has 4 aromatic rings. The number of nitrogens with two attached hydrogens (primary N) is 1. The monoisotopic (exact) mass is 439 g/mol. The number of rotatable bonds is 3. The maximum Gasteiger partial charge on any atom is 0.586 e. The second-order valence-electron chi connectivity index (χ2n) is 8.11. The Kier molecular flexibility index (Phi) is 4.00. The van der Waals surface area contributed by atoms with Crippen LogP contribution in [0.25, 0.3) is 16.6 Å². The van der Waals surface area contributed by atoms with E-state index in [1.807, 2.05) is 12.4 Å². The molecule has 164 valence electrons. The fraction of sp³-hybridized carbons (Fsp3) is 0.333. The first kappa shape index (κ1) is 19.1. The van der Waals surface area contributed by atoms with Crippen molar-refractivity contribution in [2.45, 2.75) is 38.6 Å². The van der Waals surface area contributed by atoms with Crippen molar-refractivity contribution in [2.24, 2.45) is 0 Å². The van der Waals surface area contributed by atoms with E-state index in [-0.39, 0.29) is 29.0 Å². The number of benzene rings is 1. The van der Waals surface area contributed by atoms with E-state index in [0.29, 0.717) is 23.3 Å². The van der Waals surface area contributed by atoms with Gasteiger partial charge in [-0.1, -0.05) is 0 Å². The maximum atomic E-state index is 13.6. The van der Waals surface area contributed by atoms with Crippen molar-refractivity contribution in [1.29, 1.82) is 0 Å². The SMILES string of the molecule is CC(Cc1nc2c3ccc4c(c3nc(N)n2n1)OC(F)(F)O4)N1CCc2ccncc2C1. The highest BCUT2D eigenvalue weighted by atomic mass is 19.3. The highest BCUT2D eigenvalue weighted by Gasteiger charge is 2.45. The van der Waals surface area contributed by atoms with Crippen molar-refractivity contribution >= 4 is 22.5 Å². The summed E-state index contributed by atoms with van der Waals surface area (Å²) in [6, 6.07) is 5.27. The van der Waals surface area contributed by atoms with Gasteiger partial charge < -0.3 is 15.2 Å². The lowest BCUT2D eigenvalue weighted by atomic mass is 10.0. The van der Waals surface area contributed by atoms with Gasteiger partial charge in [0.1, 0.15) is 5.52 Å². The molecule has 2 aliphatic heterocycles. The summed E-state index contributed by atoms with van der Waals surface area (Å²) in [6.45, 7) is 3.89. The molecule has 2 aliphatic rings. The van der Waals surface area contributed by atoms with E-state index in [0.717, 1.165) is 19.5 Å². The fourth-order valence-electron chi connectivity index (χ4n) is 4.40. The Bertz CT molecular complexity index is 1370. The molecule has 32 heavy (non-hydrogen) atoms. The first-order valence-electron chi connectivity index (χ1n) is 10.3. The summed E-state index contributed by atoms with van der Waals surface area (Å²) >= 11 is 0. The highest BCUT2D eigenvalue weighted by molar-refractivity contribution is 5.97. The van der Waals surface area contributed by atoms with Crippen LogP contribution in [0.5, 0.6) is 11.5 Å². The molecular formula is C21H19F2N7O2. The van der Waals surface area contributed by atoms with Crippen LogP contribution in [0.3, 0.4) is 0 Å². The largest absolute Gasteiger partial charge is 0.586 e. The summed E-state index contributed by atoms with van der Waals surface area (Å²) in [5.41, 5.74) is 9.24. The normalized spacial score (nSPS) is 18.2. The first-order valence-corrected chi connectivity index (χ1v) is 10.3. The third kappa shape index (κ3) is 3.00. The number of nitrogen functional groups attached to an aromatic ring is 1. The van der Waals surface area contributed by atoms with Crippen LogP contribution in [0.1, 0.15) is 23.9 Å². The van der Waals surface area contributed by atoms with Gasteiger partial charge in [-0.3, -0.25) is 9.88 Å². The molecular weight excluding hydrogens is 420 g/mol. The number of fused-ring (bicyclic) bond motifs is 6. The predicted molar refractivity (Wildman–Crippen MR) is 110 cm³/mol. The lowest BCUT2D eigenvalue weighted by molar-refractivity contribution is -0.286. The van der Waals surface area contributed by atoms with Crippen molar-refractivity contribution in [2.75, 3.05) is 12.3 Å². The van der Waals surface area contributed by atoms with E-state index in [9.17, 15) is 8.78 Å². The number of alkyl halides is 2. The Labute approximate surface area is 180 Å². The summed E-state index contributed by atoms with van der Waals surface area (Å²) in [4.78, 5) is 15.5. The molecule has 1 atom stereocenters. The van der Waals surface area contributed by atoms with Gasteiger partial charge in [-0.25, -0.2) is 9.97 Å². The molecule has 0 aliphatic carbocycles. The van der Waals surface area contributed by atoms with Crippen molar-refractivity contribution in [3.8, 4) is 11.5 Å². The Hall–Kier alpha value is -3.60. The minimum Gasteiger partial charge on any atom is -0.395 e. The van der Waals surface area contributed by atoms with Crippen LogP contribution in [0.15, 0.2) is 30.6 Å². The van der Waals surface area contributed by atoms with E-state index in [1.54, 1.807) is 6.07 Å². The Morgan fingerprint density at radius 3 is 2.94 bits per heavy atom. The molecule has 2 N–H and O–H groups in total. The quantitative estimate of drug-likeness (QED) is 0.520. The summed E-state index contributed by atoms with van der Waals surface area (Å²) in [6.07, 6.45) is 1.58. The molecule has 0 saturated heterocycles. The molecule has 0 amide bonds. The molecule has 0 radical (unpaired) electrons. The van der Waals surface area contributed by atoms with Gasteiger partial charge in [0.25, 0.3) is 0 Å². The number of anilines is 1. The summed E-state index contributed by atoms with van der Waals surface area (Å²) in [7, 11) is 0. The average Bonchev–Trinajstić information content (AvgIpc) is 3.33. The Morgan fingerprint density at radius 1 is 1.19 bits per heavy atom. The molecule has 11 heteroatoms. The van der Waals surface area contributed by atoms with Gasteiger partial charge in [0.05, 0.1) is 0 Å². The van der Waals surface area contributed by atoms with E-state index < -0.39 is 6.29 Å². The number of hydrogen-bond donors (Lipinski definition) is 1. The number of hydrogen-bond acceptors (Lipinski definition) is 8. The van der Waals surface area contributed by atoms with Gasteiger partial charge in [-0.15, -0.1) is 13.9 Å². The van der Waals surface area contributed by atoms with Gasteiger partial charge in [-0.05, 0) is 42.7 Å². The minimum atomic E-state index is -3.74. The van der Waals surface area contributed by atoms with Crippen LogP contribution in [-0.2, 0) is 19.4 Å². The standard InChI is InChI=1S/C21H19F2N7O2/c1-11(29-7-5-12-4-6-25-9-13(12)10-29)8-16-26-19-14-2-3-15-18(32-21(22,23)31-15)17(14)27-20(24)30(19)28-16/h2-4,6,9,11H,5,7-8,10H2,1H3,(H2,24,27). The highest BCUT2D eigenvalue weighted by Crippen LogP contribution is 2.45. The minimum absolute atomic E-state index is 0.0316. The fourth-order valence-corrected chi connectivity index (χ4v) is 4.40. The van der Waals surface area contributed by atoms with Crippen LogP contribution in [0.2, 0.25) is 0 Å². The van der Waals surface area contributed by atoms with E-state index in [2.05, 4.69) is 47.4 Å². The molecule has 9 nitrogen and oxygen atoms in total. The number of ether oxygens (including phenoxy) is 2. The second kappa shape index (κ2) is 6.70. The van der Waals surface area contributed by atoms with E-state index in [1.165, 1.54) is 21.7 Å².